The van der Waals surface area contributed by atoms with Crippen LogP contribution in [0, 0.1) is 0 Å². The minimum absolute atomic E-state index is 0.131. The third-order valence-electron chi connectivity index (χ3n) is 1.80. The van der Waals surface area contributed by atoms with Gasteiger partial charge in [-0.15, -0.1) is 0 Å². The standard InChI is InChI=1S/C9H15F3O2Si/c1-3-9(13)14-8(2)6-4-5-7-15(10,11)12/h3,8H,1,4-7H2,2H3. The van der Waals surface area contributed by atoms with Gasteiger partial charge in [0.15, 0.2) is 0 Å². The first-order chi connectivity index (χ1) is 6.85. The van der Waals surface area contributed by atoms with Crippen molar-refractivity contribution in [3.05, 3.63) is 12.7 Å². The van der Waals surface area contributed by atoms with Crippen LogP contribution in [0.1, 0.15) is 26.2 Å². The van der Waals surface area contributed by atoms with E-state index in [9.17, 15) is 17.1 Å². The van der Waals surface area contributed by atoms with Crippen molar-refractivity contribution in [2.75, 3.05) is 0 Å². The van der Waals surface area contributed by atoms with Crippen LogP contribution in [-0.2, 0) is 9.53 Å². The van der Waals surface area contributed by atoms with Crippen LogP contribution in [0.25, 0.3) is 0 Å². The molecule has 0 saturated carbocycles. The Balaban J connectivity index is 3.51. The maximum atomic E-state index is 11.9. The van der Waals surface area contributed by atoms with E-state index < -0.39 is 21.1 Å². The Labute approximate surface area is 88.6 Å². The summed E-state index contributed by atoms with van der Waals surface area (Å²) in [6.45, 7) is 4.88. The first-order valence-corrected chi connectivity index (χ1v) is 6.59. The molecule has 0 rings (SSSR count). The van der Waals surface area contributed by atoms with E-state index in [1.54, 1.807) is 6.92 Å². The normalized spacial score (nSPS) is 13.3. The van der Waals surface area contributed by atoms with Crippen molar-refractivity contribution >= 4 is 15.0 Å². The molecule has 0 N–H and O–H groups in total. The predicted octanol–water partition coefficient (Wildman–Crippen LogP) is 3.12. The van der Waals surface area contributed by atoms with Crippen molar-refractivity contribution in [1.82, 2.24) is 0 Å². The van der Waals surface area contributed by atoms with E-state index in [0.717, 1.165) is 6.08 Å². The molecule has 2 nitrogen and oxygen atoms in total. The molecule has 0 saturated heterocycles. The lowest BCUT2D eigenvalue weighted by Crippen LogP contribution is -2.15. The van der Waals surface area contributed by atoms with Gasteiger partial charge < -0.3 is 4.74 Å². The minimum atomic E-state index is -5.39. The molecule has 0 spiro atoms. The van der Waals surface area contributed by atoms with Crippen LogP contribution in [0.4, 0.5) is 12.3 Å². The van der Waals surface area contributed by atoms with Gasteiger partial charge in [0.05, 0.1) is 6.10 Å². The number of hydrogen-bond donors (Lipinski definition) is 0. The maximum Gasteiger partial charge on any atom is 0.616 e. The molecule has 0 radical (unpaired) electrons. The van der Waals surface area contributed by atoms with Gasteiger partial charge in [-0.1, -0.05) is 6.58 Å². The molecule has 0 aromatic heterocycles. The summed E-state index contributed by atoms with van der Waals surface area (Å²) in [7, 11) is -5.39. The SMILES string of the molecule is C=CC(=O)OC(C)CCCC[Si](F)(F)F. The maximum absolute atomic E-state index is 11.9. The lowest BCUT2D eigenvalue weighted by molar-refractivity contribution is -0.142. The molecule has 1 atom stereocenters. The summed E-state index contributed by atoms with van der Waals surface area (Å²) in [6, 6.07) is -0.644. The molecule has 0 aliphatic heterocycles. The predicted molar refractivity (Wildman–Crippen MR) is 53.5 cm³/mol. The molecule has 1 unspecified atom stereocenters. The Morgan fingerprint density at radius 1 is 1.47 bits per heavy atom. The number of ether oxygens (including phenoxy) is 1. The summed E-state index contributed by atoms with van der Waals surface area (Å²) in [6.07, 6.45) is 1.72. The van der Waals surface area contributed by atoms with E-state index >= 15 is 0 Å². The first kappa shape index (κ1) is 14.2. The highest BCUT2D eigenvalue weighted by Gasteiger charge is 2.35. The van der Waals surface area contributed by atoms with Gasteiger partial charge in [0.25, 0.3) is 0 Å². The van der Waals surface area contributed by atoms with Crippen LogP contribution < -0.4 is 0 Å². The van der Waals surface area contributed by atoms with Crippen molar-refractivity contribution in [3.63, 3.8) is 0 Å². The van der Waals surface area contributed by atoms with Gasteiger partial charge in [-0.2, -0.15) is 0 Å². The molecule has 6 heteroatoms. The Morgan fingerprint density at radius 2 is 2.07 bits per heavy atom. The van der Waals surface area contributed by atoms with Crippen molar-refractivity contribution in [1.29, 1.82) is 0 Å². The molecule has 0 aromatic carbocycles. The highest BCUT2D eigenvalue weighted by Crippen LogP contribution is 2.19. The Hall–Kier alpha value is -0.783. The van der Waals surface area contributed by atoms with Gasteiger partial charge >= 0.3 is 15.0 Å². The summed E-state index contributed by atoms with van der Waals surface area (Å²) in [5.74, 6) is -0.535. The van der Waals surface area contributed by atoms with Crippen LogP contribution in [-0.4, -0.2) is 21.1 Å². The highest BCUT2D eigenvalue weighted by molar-refractivity contribution is 6.58. The van der Waals surface area contributed by atoms with Crippen molar-refractivity contribution < 1.29 is 21.9 Å². The molecule has 0 heterocycles. The molecule has 0 amide bonds. The zero-order chi connectivity index (χ0) is 11.9. The number of esters is 1. The topological polar surface area (TPSA) is 26.3 Å². The number of carbonyl (C=O) groups excluding carboxylic acids is 1. The van der Waals surface area contributed by atoms with E-state index in [4.69, 9.17) is 4.74 Å². The largest absolute Gasteiger partial charge is 0.616 e. The van der Waals surface area contributed by atoms with Gasteiger partial charge in [-0.05, 0) is 26.2 Å². The molecule has 0 aliphatic carbocycles. The fourth-order valence-electron chi connectivity index (χ4n) is 1.06. The van der Waals surface area contributed by atoms with Gasteiger partial charge in [0, 0.05) is 12.1 Å². The van der Waals surface area contributed by atoms with Gasteiger partial charge in [-0.3, -0.25) is 0 Å². The average molecular weight is 240 g/mol. The van der Waals surface area contributed by atoms with Crippen molar-refractivity contribution in [3.8, 4) is 0 Å². The highest BCUT2D eigenvalue weighted by atomic mass is 28.5. The quantitative estimate of drug-likeness (QED) is 0.225. The van der Waals surface area contributed by atoms with Crippen molar-refractivity contribution in [2.45, 2.75) is 38.3 Å². The lowest BCUT2D eigenvalue weighted by Gasteiger charge is -2.11. The zero-order valence-corrected chi connectivity index (χ0v) is 9.64. The molecule has 0 bridgehead atoms. The summed E-state index contributed by atoms with van der Waals surface area (Å²) >= 11 is 0. The zero-order valence-electron chi connectivity index (χ0n) is 8.64. The Kier molecular flexibility index (Phi) is 6.31. The molecular formula is C9H15F3O2Si. The number of halogens is 3. The smallest absolute Gasteiger partial charge is 0.460 e. The second-order valence-electron chi connectivity index (χ2n) is 3.31. The van der Waals surface area contributed by atoms with Crippen LogP contribution in [0.3, 0.4) is 0 Å². The Morgan fingerprint density at radius 3 is 2.53 bits per heavy atom. The first-order valence-electron chi connectivity index (χ1n) is 4.75. The third-order valence-corrected chi connectivity index (χ3v) is 2.73. The third kappa shape index (κ3) is 9.52. The number of carbonyl (C=O) groups is 1. The van der Waals surface area contributed by atoms with E-state index in [-0.39, 0.29) is 12.5 Å². The lowest BCUT2D eigenvalue weighted by atomic mass is 10.2. The van der Waals surface area contributed by atoms with Gasteiger partial charge in [0.2, 0.25) is 0 Å². The van der Waals surface area contributed by atoms with Crippen LogP contribution >= 0.6 is 0 Å². The van der Waals surface area contributed by atoms with Crippen LogP contribution in [0.2, 0.25) is 6.04 Å². The summed E-state index contributed by atoms with van der Waals surface area (Å²) < 4.78 is 40.5. The number of unbranched alkanes of at least 4 members (excludes halogenated alkanes) is 1. The summed E-state index contributed by atoms with van der Waals surface area (Å²) in [5, 5.41) is 0. The van der Waals surface area contributed by atoms with E-state index in [1.165, 1.54) is 0 Å². The monoisotopic (exact) mass is 240 g/mol. The van der Waals surface area contributed by atoms with Crippen LogP contribution in [0.15, 0.2) is 12.7 Å². The van der Waals surface area contributed by atoms with E-state index in [1.807, 2.05) is 0 Å². The van der Waals surface area contributed by atoms with E-state index in [0.29, 0.717) is 12.8 Å². The molecule has 0 aromatic rings. The summed E-state index contributed by atoms with van der Waals surface area (Å²) in [5.41, 5.74) is 0. The fraction of sp³-hybridized carbons (Fsp3) is 0.667. The minimum Gasteiger partial charge on any atom is -0.460 e. The number of hydrogen-bond acceptors (Lipinski definition) is 2. The van der Waals surface area contributed by atoms with Crippen molar-refractivity contribution in [2.24, 2.45) is 0 Å². The van der Waals surface area contributed by atoms with Gasteiger partial charge in [-0.25, -0.2) is 17.1 Å². The Bertz CT molecular complexity index is 216. The van der Waals surface area contributed by atoms with Crippen LogP contribution in [0.5, 0.6) is 0 Å². The summed E-state index contributed by atoms with van der Waals surface area (Å²) in [4.78, 5) is 10.7. The second kappa shape index (κ2) is 6.65. The molecular weight excluding hydrogens is 225 g/mol. The fourth-order valence-corrected chi connectivity index (χ4v) is 1.71. The molecule has 15 heavy (non-hydrogen) atoms. The van der Waals surface area contributed by atoms with Gasteiger partial charge in [0.1, 0.15) is 0 Å². The molecule has 0 aliphatic rings. The number of rotatable bonds is 7. The second-order valence-corrected chi connectivity index (χ2v) is 5.04. The molecule has 0 fully saturated rings. The van der Waals surface area contributed by atoms with E-state index in [2.05, 4.69) is 6.58 Å². The molecule has 88 valence electrons. The average Bonchev–Trinajstić information content (AvgIpc) is 2.11.